The number of nitrogens with zero attached hydrogens (tertiary/aromatic N) is 4. The second-order valence-electron chi connectivity index (χ2n) is 12.3. The van der Waals surface area contributed by atoms with Gasteiger partial charge < -0.3 is 14.2 Å². The summed E-state index contributed by atoms with van der Waals surface area (Å²) in [7, 11) is 1.70. The smallest absolute Gasteiger partial charge is 0.271 e. The lowest BCUT2D eigenvalue weighted by Gasteiger charge is -2.42. The molecule has 1 fully saturated rings. The second-order valence-corrected chi connectivity index (χ2v) is 12.7. The number of hydrogen-bond acceptors (Lipinski definition) is 5. The average molecular weight is 621 g/mol. The molecule has 230 valence electrons. The number of nitro benzene ring substituents is 1. The molecule has 7 rings (SSSR count). The van der Waals surface area contributed by atoms with E-state index in [1.165, 1.54) is 50.5 Å². The summed E-state index contributed by atoms with van der Waals surface area (Å²) in [4.78, 5) is 15.7. The normalized spacial score (nSPS) is 17.0. The average Bonchev–Trinajstić information content (AvgIpc) is 3.37. The van der Waals surface area contributed by atoms with E-state index in [0.717, 1.165) is 63.4 Å². The molecule has 45 heavy (non-hydrogen) atoms. The van der Waals surface area contributed by atoms with Crippen LogP contribution in [0.25, 0.3) is 22.0 Å². The number of hydrogen-bond donors (Lipinski definition) is 0. The van der Waals surface area contributed by atoms with Crippen LogP contribution in [-0.2, 0) is 19.4 Å². The lowest BCUT2D eigenvalue weighted by atomic mass is 9.89. The lowest BCUT2D eigenvalue weighted by Crippen LogP contribution is -2.51. The van der Waals surface area contributed by atoms with E-state index in [9.17, 15) is 10.1 Å². The van der Waals surface area contributed by atoms with E-state index in [4.69, 9.17) is 16.3 Å². The van der Waals surface area contributed by atoms with Crippen LogP contribution in [0, 0.1) is 17.0 Å². The predicted molar refractivity (Wildman–Crippen MR) is 182 cm³/mol. The van der Waals surface area contributed by atoms with Gasteiger partial charge in [-0.25, -0.2) is 0 Å². The molecule has 0 radical (unpaired) electrons. The maximum Gasteiger partial charge on any atom is 0.271 e. The number of rotatable bonds is 7. The van der Waals surface area contributed by atoms with Crippen LogP contribution in [0.4, 0.5) is 11.4 Å². The van der Waals surface area contributed by atoms with Crippen molar-refractivity contribution in [3.63, 3.8) is 0 Å². The summed E-state index contributed by atoms with van der Waals surface area (Å²) >= 11 is 6.48. The number of non-ortho nitro benzene ring substituents is 1. The van der Waals surface area contributed by atoms with Gasteiger partial charge in [-0.05, 0) is 78.8 Å². The quantitative estimate of drug-likeness (QED) is 0.137. The summed E-state index contributed by atoms with van der Waals surface area (Å²) < 4.78 is 7.95. The maximum atomic E-state index is 11.2. The van der Waals surface area contributed by atoms with Crippen molar-refractivity contribution >= 4 is 33.9 Å². The molecule has 0 spiro atoms. The third-order valence-corrected chi connectivity index (χ3v) is 9.94. The molecule has 8 heteroatoms. The van der Waals surface area contributed by atoms with E-state index in [1.807, 2.05) is 12.1 Å². The molecule has 1 saturated heterocycles. The summed E-state index contributed by atoms with van der Waals surface area (Å²) in [5.41, 5.74) is 10.1. The van der Waals surface area contributed by atoms with Crippen molar-refractivity contribution in [3.05, 3.63) is 122 Å². The van der Waals surface area contributed by atoms with E-state index in [0.29, 0.717) is 11.1 Å². The Kier molecular flexibility index (Phi) is 7.98. The molecule has 1 aromatic heterocycles. The summed E-state index contributed by atoms with van der Waals surface area (Å²) in [6.07, 6.45) is 3.20. The zero-order valence-electron chi connectivity index (χ0n) is 25.7. The monoisotopic (exact) mass is 620 g/mol. The highest BCUT2D eigenvalue weighted by Gasteiger charge is 2.31. The van der Waals surface area contributed by atoms with Crippen LogP contribution in [-0.4, -0.2) is 53.7 Å². The Morgan fingerprint density at radius 3 is 2.33 bits per heavy atom. The molecule has 0 saturated carbocycles. The van der Waals surface area contributed by atoms with Gasteiger partial charge in [0.2, 0.25) is 0 Å². The van der Waals surface area contributed by atoms with Crippen molar-refractivity contribution in [1.29, 1.82) is 0 Å². The molecule has 0 N–H and O–H groups in total. The SMILES string of the molecule is COc1ccc(-c2ccc3c(c2)c2c(n3Cc3ccc(C)cc3)CCC(N3CCN(c4ccc([N+](=O)[O-])cc4Cl)CC3)C2)cc1. The molecule has 0 bridgehead atoms. The van der Waals surface area contributed by atoms with Crippen LogP contribution in [0.3, 0.4) is 0 Å². The van der Waals surface area contributed by atoms with Gasteiger partial charge in [0.25, 0.3) is 5.69 Å². The summed E-state index contributed by atoms with van der Waals surface area (Å²) in [5, 5.41) is 13.0. The topological polar surface area (TPSA) is 63.8 Å². The molecular formula is C37H37ClN4O3. The number of benzene rings is 4. The first-order valence-corrected chi connectivity index (χ1v) is 16.0. The molecule has 0 amide bonds. The van der Waals surface area contributed by atoms with Gasteiger partial charge in [0.1, 0.15) is 5.75 Å². The number of methoxy groups -OCH3 is 1. The number of anilines is 1. The number of nitro groups is 1. The third kappa shape index (κ3) is 5.78. The zero-order chi connectivity index (χ0) is 31.1. The van der Waals surface area contributed by atoms with E-state index in [-0.39, 0.29) is 5.69 Å². The molecule has 7 nitrogen and oxygen atoms in total. The van der Waals surface area contributed by atoms with Gasteiger partial charge in [0.15, 0.2) is 0 Å². The minimum atomic E-state index is -0.400. The van der Waals surface area contributed by atoms with Crippen molar-refractivity contribution in [2.75, 3.05) is 38.2 Å². The van der Waals surface area contributed by atoms with Crippen LogP contribution >= 0.6 is 11.6 Å². The predicted octanol–water partition coefficient (Wildman–Crippen LogP) is 7.91. The number of halogens is 1. The summed E-state index contributed by atoms with van der Waals surface area (Å²) in [5.74, 6) is 0.861. The van der Waals surface area contributed by atoms with E-state index >= 15 is 0 Å². The Morgan fingerprint density at radius 1 is 0.911 bits per heavy atom. The Morgan fingerprint density at radius 2 is 1.64 bits per heavy atom. The van der Waals surface area contributed by atoms with Crippen LogP contribution in [0.5, 0.6) is 5.75 Å². The Balaban J connectivity index is 1.16. The molecule has 1 atom stereocenters. The fourth-order valence-electron chi connectivity index (χ4n) is 7.16. The van der Waals surface area contributed by atoms with E-state index in [1.54, 1.807) is 19.2 Å². The van der Waals surface area contributed by atoms with Gasteiger partial charge in [0.05, 0.1) is 22.7 Å². The molecule has 5 aromatic rings. The zero-order valence-corrected chi connectivity index (χ0v) is 26.5. The Bertz CT molecular complexity index is 1860. The lowest BCUT2D eigenvalue weighted by molar-refractivity contribution is -0.384. The highest BCUT2D eigenvalue weighted by atomic mass is 35.5. The van der Waals surface area contributed by atoms with Crippen molar-refractivity contribution in [2.45, 2.75) is 38.8 Å². The number of aromatic nitrogens is 1. The Hall–Kier alpha value is -4.33. The fraction of sp³-hybridized carbons (Fsp3) is 0.297. The largest absolute Gasteiger partial charge is 0.497 e. The van der Waals surface area contributed by atoms with Crippen molar-refractivity contribution in [3.8, 4) is 16.9 Å². The molecule has 4 aromatic carbocycles. The van der Waals surface area contributed by atoms with Crippen molar-refractivity contribution in [2.24, 2.45) is 0 Å². The first-order valence-electron chi connectivity index (χ1n) is 15.6. The van der Waals surface area contributed by atoms with E-state index in [2.05, 4.69) is 75.9 Å². The van der Waals surface area contributed by atoms with Crippen molar-refractivity contribution < 1.29 is 9.66 Å². The van der Waals surface area contributed by atoms with Gasteiger partial charge in [-0.2, -0.15) is 0 Å². The van der Waals surface area contributed by atoms with Gasteiger partial charge in [-0.1, -0.05) is 59.6 Å². The van der Waals surface area contributed by atoms with Crippen LogP contribution < -0.4 is 9.64 Å². The third-order valence-electron chi connectivity index (χ3n) is 9.64. The molecule has 2 aliphatic rings. The van der Waals surface area contributed by atoms with Gasteiger partial charge in [0, 0.05) is 67.5 Å². The van der Waals surface area contributed by atoms with Gasteiger partial charge in [-0.3, -0.25) is 15.0 Å². The highest BCUT2D eigenvalue weighted by molar-refractivity contribution is 6.33. The first-order chi connectivity index (χ1) is 21.9. The minimum Gasteiger partial charge on any atom is -0.497 e. The number of aryl methyl sites for hydroxylation is 1. The van der Waals surface area contributed by atoms with Crippen LogP contribution in [0.2, 0.25) is 5.02 Å². The number of fused-ring (bicyclic) bond motifs is 3. The molecule has 1 aliphatic carbocycles. The molecular weight excluding hydrogens is 584 g/mol. The second kappa shape index (κ2) is 12.2. The molecule has 1 aliphatic heterocycles. The van der Waals surface area contributed by atoms with Crippen molar-refractivity contribution in [1.82, 2.24) is 9.47 Å². The summed E-state index contributed by atoms with van der Waals surface area (Å²) in [6.45, 7) is 6.57. The Labute approximate surface area is 268 Å². The fourth-order valence-corrected chi connectivity index (χ4v) is 7.45. The van der Waals surface area contributed by atoms with Gasteiger partial charge >= 0.3 is 0 Å². The minimum absolute atomic E-state index is 0.0251. The first kappa shape index (κ1) is 29.4. The standard InChI is InChI=1S/C37H37ClN4O3/c1-25-3-5-26(6-4-25)24-41-35-14-9-28(27-7-12-31(45-2)13-8-27)21-32(35)33-22-29(10-15-36(33)41)39-17-19-40(20-18-39)37-16-11-30(42(43)44)23-34(37)38/h3-9,11-14,16,21,23,29H,10,15,17-20,22,24H2,1-2H3. The number of ether oxygens (including phenoxy) is 1. The van der Waals surface area contributed by atoms with Crippen LogP contribution in [0.15, 0.2) is 84.9 Å². The molecule has 1 unspecified atom stereocenters. The maximum absolute atomic E-state index is 11.2. The van der Waals surface area contributed by atoms with E-state index < -0.39 is 4.92 Å². The number of piperazine rings is 1. The van der Waals surface area contributed by atoms with Gasteiger partial charge in [-0.15, -0.1) is 0 Å². The summed E-state index contributed by atoms with van der Waals surface area (Å²) in [6, 6.07) is 29.4. The molecule has 2 heterocycles. The highest BCUT2D eigenvalue weighted by Crippen LogP contribution is 2.38. The van der Waals surface area contributed by atoms with Crippen LogP contribution in [0.1, 0.15) is 28.8 Å².